The third-order valence-electron chi connectivity index (χ3n) is 2.52. The van der Waals surface area contributed by atoms with E-state index in [1.54, 1.807) is 10.9 Å². The molecule has 1 heterocycles. The van der Waals surface area contributed by atoms with Gasteiger partial charge in [0.1, 0.15) is 0 Å². The molecule has 1 aliphatic carbocycles. The number of nitrogens with zero attached hydrogens (tertiary/aromatic N) is 2. The minimum atomic E-state index is 0.766. The first-order valence-electron chi connectivity index (χ1n) is 4.57. The Bertz CT molecular complexity index is 274. The molecule has 2 rings (SSSR count). The molecule has 0 bridgehead atoms. The molecule has 1 fully saturated rings. The van der Waals surface area contributed by atoms with Gasteiger partial charge in [0.2, 0.25) is 5.88 Å². The van der Waals surface area contributed by atoms with E-state index in [4.69, 9.17) is 4.74 Å². The highest BCUT2D eigenvalue weighted by Crippen LogP contribution is 2.29. The lowest BCUT2D eigenvalue weighted by molar-refractivity contribution is 0.169. The molecular formula is C9H13BrN2O. The highest BCUT2D eigenvalue weighted by Gasteiger charge is 2.19. The molecule has 0 radical (unpaired) electrons. The van der Waals surface area contributed by atoms with E-state index in [2.05, 4.69) is 21.0 Å². The van der Waals surface area contributed by atoms with Crippen molar-refractivity contribution in [2.75, 3.05) is 6.61 Å². The van der Waals surface area contributed by atoms with Gasteiger partial charge < -0.3 is 4.74 Å². The first kappa shape index (κ1) is 9.06. The van der Waals surface area contributed by atoms with Crippen molar-refractivity contribution in [3.63, 3.8) is 0 Å². The molecule has 0 saturated heterocycles. The fraction of sp³-hybridized carbons (Fsp3) is 0.667. The van der Waals surface area contributed by atoms with Gasteiger partial charge in [0.15, 0.2) is 0 Å². The molecule has 0 aromatic carbocycles. The normalized spacial score (nSPS) is 17.1. The van der Waals surface area contributed by atoms with Crippen LogP contribution < -0.4 is 4.74 Å². The summed E-state index contributed by atoms with van der Waals surface area (Å²) >= 11 is 3.40. The summed E-state index contributed by atoms with van der Waals surface area (Å²) in [5, 5.41) is 4.08. The SMILES string of the molecule is Cn1ncc(Br)c1OCC1CCC1. The molecule has 1 saturated carbocycles. The Balaban J connectivity index is 1.92. The number of halogens is 1. The Hall–Kier alpha value is -0.510. The van der Waals surface area contributed by atoms with Gasteiger partial charge in [0.05, 0.1) is 17.3 Å². The van der Waals surface area contributed by atoms with E-state index in [1.165, 1.54) is 19.3 Å². The van der Waals surface area contributed by atoms with Crippen LogP contribution in [0.25, 0.3) is 0 Å². The first-order chi connectivity index (χ1) is 6.27. The largest absolute Gasteiger partial charge is 0.477 e. The van der Waals surface area contributed by atoms with Crippen LogP contribution in [-0.2, 0) is 7.05 Å². The summed E-state index contributed by atoms with van der Waals surface area (Å²) < 4.78 is 8.36. The molecule has 0 N–H and O–H groups in total. The van der Waals surface area contributed by atoms with Crippen LogP contribution in [-0.4, -0.2) is 16.4 Å². The van der Waals surface area contributed by atoms with Crippen LogP contribution >= 0.6 is 15.9 Å². The molecule has 1 aromatic rings. The molecule has 0 amide bonds. The van der Waals surface area contributed by atoms with E-state index >= 15 is 0 Å². The van der Waals surface area contributed by atoms with E-state index in [0.29, 0.717) is 0 Å². The van der Waals surface area contributed by atoms with E-state index in [-0.39, 0.29) is 0 Å². The molecule has 13 heavy (non-hydrogen) atoms. The lowest BCUT2D eigenvalue weighted by Gasteiger charge is -2.25. The van der Waals surface area contributed by atoms with Crippen molar-refractivity contribution in [1.29, 1.82) is 0 Å². The standard InChI is InChI=1S/C9H13BrN2O/c1-12-9(8(10)5-11-12)13-6-7-3-2-4-7/h5,7H,2-4,6H2,1H3. The predicted molar refractivity (Wildman–Crippen MR) is 53.7 cm³/mol. The Morgan fingerprint density at radius 2 is 2.46 bits per heavy atom. The second-order valence-corrected chi connectivity index (χ2v) is 4.38. The number of aromatic nitrogens is 2. The smallest absolute Gasteiger partial charge is 0.226 e. The van der Waals surface area contributed by atoms with Crippen molar-refractivity contribution < 1.29 is 4.74 Å². The van der Waals surface area contributed by atoms with Crippen LogP contribution in [0.15, 0.2) is 10.7 Å². The number of aryl methyl sites for hydroxylation is 1. The van der Waals surface area contributed by atoms with Gasteiger partial charge in [-0.15, -0.1) is 0 Å². The second kappa shape index (κ2) is 3.70. The quantitative estimate of drug-likeness (QED) is 0.817. The molecule has 0 spiro atoms. The average molecular weight is 245 g/mol. The summed E-state index contributed by atoms with van der Waals surface area (Å²) in [7, 11) is 1.89. The fourth-order valence-corrected chi connectivity index (χ4v) is 1.88. The zero-order valence-corrected chi connectivity index (χ0v) is 9.25. The zero-order chi connectivity index (χ0) is 9.26. The molecular weight excluding hydrogens is 232 g/mol. The Labute approximate surface area is 86.2 Å². The summed E-state index contributed by atoms with van der Waals surface area (Å²) in [6, 6.07) is 0. The molecule has 1 aliphatic rings. The monoisotopic (exact) mass is 244 g/mol. The number of hydrogen-bond donors (Lipinski definition) is 0. The predicted octanol–water partition coefficient (Wildman–Crippen LogP) is 2.36. The van der Waals surface area contributed by atoms with E-state index in [1.807, 2.05) is 7.05 Å². The van der Waals surface area contributed by atoms with Gasteiger partial charge in [-0.3, -0.25) is 0 Å². The summed E-state index contributed by atoms with van der Waals surface area (Å²) in [4.78, 5) is 0. The number of rotatable bonds is 3. The Kier molecular flexibility index (Phi) is 2.58. The minimum Gasteiger partial charge on any atom is -0.477 e. The van der Waals surface area contributed by atoms with Gasteiger partial charge in [0.25, 0.3) is 0 Å². The van der Waals surface area contributed by atoms with Crippen LogP contribution in [0.2, 0.25) is 0 Å². The van der Waals surface area contributed by atoms with E-state index < -0.39 is 0 Å². The molecule has 72 valence electrons. The van der Waals surface area contributed by atoms with Gasteiger partial charge >= 0.3 is 0 Å². The second-order valence-electron chi connectivity index (χ2n) is 3.53. The summed E-state index contributed by atoms with van der Waals surface area (Å²) in [5.74, 6) is 1.61. The van der Waals surface area contributed by atoms with Crippen molar-refractivity contribution in [1.82, 2.24) is 9.78 Å². The van der Waals surface area contributed by atoms with E-state index in [0.717, 1.165) is 22.9 Å². The van der Waals surface area contributed by atoms with Gasteiger partial charge in [-0.05, 0) is 34.7 Å². The molecule has 0 aliphatic heterocycles. The fourth-order valence-electron chi connectivity index (χ4n) is 1.42. The summed E-state index contributed by atoms with van der Waals surface area (Å²) in [6.07, 6.45) is 5.75. The average Bonchev–Trinajstić information content (AvgIpc) is 2.32. The van der Waals surface area contributed by atoms with Crippen LogP contribution in [0.3, 0.4) is 0 Å². The lowest BCUT2D eigenvalue weighted by Crippen LogP contribution is -2.20. The van der Waals surface area contributed by atoms with Gasteiger partial charge in [-0.1, -0.05) is 6.42 Å². The zero-order valence-electron chi connectivity index (χ0n) is 7.66. The number of hydrogen-bond acceptors (Lipinski definition) is 2. The maximum atomic E-state index is 5.67. The van der Waals surface area contributed by atoms with Crippen molar-refractivity contribution in [2.45, 2.75) is 19.3 Å². The van der Waals surface area contributed by atoms with E-state index in [9.17, 15) is 0 Å². The Morgan fingerprint density at radius 1 is 1.69 bits per heavy atom. The molecule has 0 unspecified atom stereocenters. The first-order valence-corrected chi connectivity index (χ1v) is 5.37. The van der Waals surface area contributed by atoms with Crippen molar-refractivity contribution in [3.8, 4) is 5.88 Å². The van der Waals surface area contributed by atoms with Gasteiger partial charge in [0, 0.05) is 7.05 Å². The minimum absolute atomic E-state index is 0.766. The van der Waals surface area contributed by atoms with Crippen LogP contribution in [0, 0.1) is 5.92 Å². The van der Waals surface area contributed by atoms with Gasteiger partial charge in [-0.25, -0.2) is 4.68 Å². The molecule has 0 atom stereocenters. The third-order valence-corrected chi connectivity index (χ3v) is 3.07. The number of ether oxygens (including phenoxy) is 1. The lowest BCUT2D eigenvalue weighted by atomic mass is 9.86. The van der Waals surface area contributed by atoms with Crippen LogP contribution in [0.5, 0.6) is 5.88 Å². The molecule has 1 aromatic heterocycles. The van der Waals surface area contributed by atoms with Crippen LogP contribution in [0.4, 0.5) is 0 Å². The van der Waals surface area contributed by atoms with Crippen LogP contribution in [0.1, 0.15) is 19.3 Å². The summed E-state index contributed by atoms with van der Waals surface area (Å²) in [5.41, 5.74) is 0. The van der Waals surface area contributed by atoms with Gasteiger partial charge in [-0.2, -0.15) is 5.10 Å². The Morgan fingerprint density at radius 3 is 2.92 bits per heavy atom. The molecule has 4 heteroatoms. The van der Waals surface area contributed by atoms with Crippen molar-refractivity contribution in [2.24, 2.45) is 13.0 Å². The highest BCUT2D eigenvalue weighted by atomic mass is 79.9. The summed E-state index contributed by atoms with van der Waals surface area (Å²) in [6.45, 7) is 0.831. The topological polar surface area (TPSA) is 27.1 Å². The maximum absolute atomic E-state index is 5.67. The third kappa shape index (κ3) is 1.88. The van der Waals surface area contributed by atoms with Crippen molar-refractivity contribution in [3.05, 3.63) is 10.7 Å². The maximum Gasteiger partial charge on any atom is 0.226 e. The molecule has 3 nitrogen and oxygen atoms in total. The highest BCUT2D eigenvalue weighted by molar-refractivity contribution is 9.10. The van der Waals surface area contributed by atoms with Crippen molar-refractivity contribution >= 4 is 15.9 Å².